The highest BCUT2D eigenvalue weighted by atomic mass is 35.5. The van der Waals surface area contributed by atoms with E-state index < -0.39 is 0 Å². The molecule has 1 aliphatic carbocycles. The highest BCUT2D eigenvalue weighted by Crippen LogP contribution is 2.36. The number of nitrogens with zero attached hydrogens (tertiary/aromatic N) is 2. The van der Waals surface area contributed by atoms with Crippen molar-refractivity contribution in [2.75, 3.05) is 13.1 Å². The van der Waals surface area contributed by atoms with Crippen molar-refractivity contribution in [2.24, 2.45) is 17.6 Å². The molecule has 3 atom stereocenters. The van der Waals surface area contributed by atoms with E-state index in [0.29, 0.717) is 17.9 Å². The van der Waals surface area contributed by atoms with E-state index in [-0.39, 0.29) is 24.8 Å². The third-order valence-corrected chi connectivity index (χ3v) is 4.59. The number of aromatic nitrogens is 1. The molecule has 0 amide bonds. The number of likely N-dealkylation sites (tertiary alicyclic amines) is 1. The minimum Gasteiger partial charge on any atom is -0.327 e. The van der Waals surface area contributed by atoms with Crippen molar-refractivity contribution in [2.45, 2.75) is 25.4 Å². The molecule has 2 aliphatic rings. The van der Waals surface area contributed by atoms with Gasteiger partial charge in [0.2, 0.25) is 0 Å². The first-order chi connectivity index (χ1) is 8.24. The average molecular weight is 325 g/mol. The van der Waals surface area contributed by atoms with Gasteiger partial charge in [-0.15, -0.1) is 24.8 Å². The van der Waals surface area contributed by atoms with Crippen LogP contribution in [0.2, 0.25) is 5.02 Å². The zero-order chi connectivity index (χ0) is 11.8. The maximum Gasteiger partial charge on any atom is 0.0481 e. The second-order valence-corrected chi connectivity index (χ2v) is 5.74. The molecular formula is C13H20Cl3N3. The van der Waals surface area contributed by atoms with Crippen LogP contribution >= 0.6 is 36.4 Å². The first-order valence-electron chi connectivity index (χ1n) is 6.30. The third kappa shape index (κ3) is 3.53. The van der Waals surface area contributed by atoms with Gasteiger partial charge < -0.3 is 5.73 Å². The molecule has 1 saturated carbocycles. The predicted octanol–water partition coefficient (Wildman–Crippen LogP) is 2.75. The van der Waals surface area contributed by atoms with Gasteiger partial charge in [-0.2, -0.15) is 0 Å². The van der Waals surface area contributed by atoms with Crippen molar-refractivity contribution in [3.63, 3.8) is 0 Å². The van der Waals surface area contributed by atoms with Crippen LogP contribution < -0.4 is 5.73 Å². The molecule has 0 radical (unpaired) electrons. The van der Waals surface area contributed by atoms with Gasteiger partial charge in [-0.25, -0.2) is 0 Å². The van der Waals surface area contributed by atoms with Gasteiger partial charge in [0.05, 0.1) is 0 Å². The number of hydrogen-bond acceptors (Lipinski definition) is 3. The summed E-state index contributed by atoms with van der Waals surface area (Å²) in [6, 6.07) is 2.29. The van der Waals surface area contributed by atoms with Crippen LogP contribution in [0.15, 0.2) is 18.5 Å². The molecule has 1 aliphatic heterocycles. The summed E-state index contributed by atoms with van der Waals surface area (Å²) in [5.41, 5.74) is 7.33. The van der Waals surface area contributed by atoms with E-state index in [0.717, 1.165) is 30.2 Å². The van der Waals surface area contributed by atoms with E-state index in [1.165, 1.54) is 12.8 Å². The van der Waals surface area contributed by atoms with E-state index in [2.05, 4.69) is 9.88 Å². The molecule has 2 bridgehead atoms. The van der Waals surface area contributed by atoms with Crippen LogP contribution in [0.3, 0.4) is 0 Å². The molecule has 3 rings (SSSR count). The molecule has 3 nitrogen and oxygen atoms in total. The van der Waals surface area contributed by atoms with Gasteiger partial charge in [0.25, 0.3) is 0 Å². The SMILES string of the molecule is Cl.Cl.NC1[C@@H]2CC[C@H]1CN(Cc1cnccc1Cl)C2. The summed E-state index contributed by atoms with van der Waals surface area (Å²) in [6.07, 6.45) is 6.20. The largest absolute Gasteiger partial charge is 0.327 e. The quantitative estimate of drug-likeness (QED) is 0.909. The normalized spacial score (nSPS) is 29.5. The van der Waals surface area contributed by atoms with E-state index >= 15 is 0 Å². The molecule has 108 valence electrons. The minimum absolute atomic E-state index is 0. The van der Waals surface area contributed by atoms with Crippen LogP contribution in [0.25, 0.3) is 0 Å². The smallest absolute Gasteiger partial charge is 0.0481 e. The summed E-state index contributed by atoms with van der Waals surface area (Å²) in [6.45, 7) is 3.14. The number of halogens is 3. The molecule has 1 saturated heterocycles. The van der Waals surface area contributed by atoms with Crippen LogP contribution in [0.1, 0.15) is 18.4 Å². The number of fused-ring (bicyclic) bond motifs is 2. The number of rotatable bonds is 2. The summed E-state index contributed by atoms with van der Waals surface area (Å²) >= 11 is 6.17. The lowest BCUT2D eigenvalue weighted by Crippen LogP contribution is -2.48. The number of nitrogens with two attached hydrogens (primary N) is 1. The zero-order valence-corrected chi connectivity index (χ0v) is 13.1. The van der Waals surface area contributed by atoms with Crippen molar-refractivity contribution in [1.82, 2.24) is 9.88 Å². The Morgan fingerprint density at radius 2 is 1.89 bits per heavy atom. The van der Waals surface area contributed by atoms with Gasteiger partial charge in [0.15, 0.2) is 0 Å². The second-order valence-electron chi connectivity index (χ2n) is 5.34. The first-order valence-corrected chi connectivity index (χ1v) is 6.68. The summed E-state index contributed by atoms with van der Waals surface area (Å²) in [5, 5.41) is 0.821. The number of pyridine rings is 1. The molecule has 2 heterocycles. The Bertz CT molecular complexity index is 402. The standard InChI is InChI=1S/C13H18ClN3.2ClH/c14-12-3-4-16-5-11(12)8-17-6-9-1-2-10(7-17)13(9)15;;/h3-5,9-10,13H,1-2,6-8,15H2;2*1H/t9-,10+,13?;;. The molecule has 1 aromatic rings. The van der Waals surface area contributed by atoms with Gasteiger partial charge >= 0.3 is 0 Å². The maximum absolute atomic E-state index is 6.20. The topological polar surface area (TPSA) is 42.1 Å². The predicted molar refractivity (Wildman–Crippen MR) is 83.2 cm³/mol. The molecule has 0 aromatic carbocycles. The van der Waals surface area contributed by atoms with Gasteiger partial charge in [0.1, 0.15) is 0 Å². The van der Waals surface area contributed by atoms with Crippen molar-refractivity contribution in [3.05, 3.63) is 29.0 Å². The van der Waals surface area contributed by atoms with E-state index in [1.54, 1.807) is 6.20 Å². The summed E-state index contributed by atoms with van der Waals surface area (Å²) in [4.78, 5) is 6.62. The lowest BCUT2D eigenvalue weighted by atomic mass is 9.93. The summed E-state index contributed by atoms with van der Waals surface area (Å²) < 4.78 is 0. The Morgan fingerprint density at radius 3 is 2.47 bits per heavy atom. The van der Waals surface area contributed by atoms with E-state index in [1.807, 2.05) is 12.3 Å². The lowest BCUT2D eigenvalue weighted by Gasteiger charge is -2.36. The summed E-state index contributed by atoms with van der Waals surface area (Å²) in [7, 11) is 0. The van der Waals surface area contributed by atoms with E-state index in [9.17, 15) is 0 Å². The van der Waals surface area contributed by atoms with Gasteiger partial charge in [-0.05, 0) is 30.7 Å². The summed E-state index contributed by atoms with van der Waals surface area (Å²) in [5.74, 6) is 1.37. The Labute approximate surface area is 131 Å². The van der Waals surface area contributed by atoms with Crippen molar-refractivity contribution in [1.29, 1.82) is 0 Å². The van der Waals surface area contributed by atoms with Gasteiger partial charge in [-0.1, -0.05) is 11.6 Å². The van der Waals surface area contributed by atoms with Crippen molar-refractivity contribution >= 4 is 36.4 Å². The fourth-order valence-electron chi connectivity index (χ4n) is 3.26. The molecular weight excluding hydrogens is 305 g/mol. The second kappa shape index (κ2) is 7.09. The van der Waals surface area contributed by atoms with E-state index in [4.69, 9.17) is 17.3 Å². The molecule has 0 spiro atoms. The molecule has 1 aromatic heterocycles. The van der Waals surface area contributed by atoms with Crippen LogP contribution in [0.4, 0.5) is 0 Å². The van der Waals surface area contributed by atoms with Crippen molar-refractivity contribution in [3.8, 4) is 0 Å². The zero-order valence-electron chi connectivity index (χ0n) is 10.7. The highest BCUT2D eigenvalue weighted by Gasteiger charge is 2.39. The lowest BCUT2D eigenvalue weighted by molar-refractivity contribution is 0.140. The Kier molecular flexibility index (Phi) is 6.34. The van der Waals surface area contributed by atoms with Crippen LogP contribution in [0, 0.1) is 11.8 Å². The Balaban J connectivity index is 0.000000902. The van der Waals surface area contributed by atoms with Gasteiger partial charge in [0, 0.05) is 48.7 Å². The fourth-order valence-corrected chi connectivity index (χ4v) is 3.42. The van der Waals surface area contributed by atoms with Crippen molar-refractivity contribution < 1.29 is 0 Å². The molecule has 1 unspecified atom stereocenters. The molecule has 2 fully saturated rings. The molecule has 2 N–H and O–H groups in total. The number of hydrogen-bond donors (Lipinski definition) is 1. The molecule has 19 heavy (non-hydrogen) atoms. The van der Waals surface area contributed by atoms with Crippen LogP contribution in [0.5, 0.6) is 0 Å². The third-order valence-electron chi connectivity index (χ3n) is 4.22. The minimum atomic E-state index is 0. The first kappa shape index (κ1) is 17.0. The van der Waals surface area contributed by atoms with Gasteiger partial charge in [-0.3, -0.25) is 9.88 Å². The highest BCUT2D eigenvalue weighted by molar-refractivity contribution is 6.31. The average Bonchev–Trinajstić information content (AvgIpc) is 2.55. The Hall–Kier alpha value is -0.0600. The maximum atomic E-state index is 6.20. The molecule has 6 heteroatoms. The monoisotopic (exact) mass is 323 g/mol. The fraction of sp³-hybridized carbons (Fsp3) is 0.615. The van der Waals surface area contributed by atoms with Crippen LogP contribution in [-0.2, 0) is 6.54 Å². The number of piperidine rings is 1. The Morgan fingerprint density at radius 1 is 1.26 bits per heavy atom. The van der Waals surface area contributed by atoms with Crippen LogP contribution in [-0.4, -0.2) is 29.0 Å².